The Labute approximate surface area is 140 Å². The summed E-state index contributed by atoms with van der Waals surface area (Å²) in [6.45, 7) is 4.76. The van der Waals surface area contributed by atoms with Crippen LogP contribution >= 0.6 is 11.6 Å². The van der Waals surface area contributed by atoms with Crippen LogP contribution in [-0.2, 0) is 4.74 Å². The summed E-state index contributed by atoms with van der Waals surface area (Å²) in [4.78, 5) is 14.4. The quantitative estimate of drug-likeness (QED) is 0.913. The maximum atomic E-state index is 12.1. The van der Waals surface area contributed by atoms with Gasteiger partial charge in [-0.25, -0.2) is 0 Å². The van der Waals surface area contributed by atoms with Crippen molar-refractivity contribution in [1.29, 1.82) is 0 Å². The summed E-state index contributed by atoms with van der Waals surface area (Å²) in [5.74, 6) is 0.774. The normalized spacial score (nSPS) is 15.5. The molecule has 0 radical (unpaired) electrons. The van der Waals surface area contributed by atoms with E-state index in [9.17, 15) is 4.79 Å². The molecule has 1 amide bonds. The number of hydrogen-bond donors (Lipinski definition) is 1. The highest BCUT2D eigenvalue weighted by Crippen LogP contribution is 2.23. The third-order valence-electron chi connectivity index (χ3n) is 3.78. The molecule has 2 heterocycles. The smallest absolute Gasteiger partial charge is 0.287 e. The first-order valence-electron chi connectivity index (χ1n) is 7.66. The molecule has 0 atom stereocenters. The topological polar surface area (TPSA) is 54.7 Å². The first-order valence-corrected chi connectivity index (χ1v) is 8.04. The molecule has 1 aromatic heterocycles. The number of carbonyl (C=O) groups excluding carboxylic acids is 1. The molecule has 2 aromatic rings. The molecule has 0 spiro atoms. The minimum Gasteiger partial charge on any atom is -0.451 e. The molecule has 1 aliphatic rings. The molecule has 0 saturated carbocycles. The summed E-state index contributed by atoms with van der Waals surface area (Å²) in [6, 6.07) is 10.8. The number of halogens is 1. The molecule has 5 nitrogen and oxygen atoms in total. The fraction of sp³-hybridized carbons (Fsp3) is 0.353. The van der Waals surface area contributed by atoms with Gasteiger partial charge in [0.1, 0.15) is 5.76 Å². The van der Waals surface area contributed by atoms with E-state index in [2.05, 4.69) is 10.2 Å². The van der Waals surface area contributed by atoms with Gasteiger partial charge >= 0.3 is 0 Å². The van der Waals surface area contributed by atoms with Crippen LogP contribution in [0.4, 0.5) is 0 Å². The monoisotopic (exact) mass is 334 g/mol. The largest absolute Gasteiger partial charge is 0.451 e. The van der Waals surface area contributed by atoms with Crippen molar-refractivity contribution < 1.29 is 13.9 Å². The number of hydrogen-bond acceptors (Lipinski definition) is 4. The zero-order valence-electron chi connectivity index (χ0n) is 12.8. The third-order valence-corrected chi connectivity index (χ3v) is 4.03. The van der Waals surface area contributed by atoms with Gasteiger partial charge in [0.2, 0.25) is 0 Å². The van der Waals surface area contributed by atoms with Gasteiger partial charge in [-0.1, -0.05) is 11.6 Å². The van der Waals surface area contributed by atoms with Crippen molar-refractivity contribution in [3.63, 3.8) is 0 Å². The van der Waals surface area contributed by atoms with Gasteiger partial charge in [0.25, 0.3) is 5.91 Å². The van der Waals surface area contributed by atoms with Gasteiger partial charge in [0.05, 0.1) is 13.2 Å². The number of furan rings is 1. The van der Waals surface area contributed by atoms with Crippen molar-refractivity contribution in [2.75, 3.05) is 39.4 Å². The summed E-state index contributed by atoms with van der Waals surface area (Å²) in [5.41, 5.74) is 0.891. The van der Waals surface area contributed by atoms with Gasteiger partial charge in [-0.2, -0.15) is 0 Å². The second-order valence-electron chi connectivity index (χ2n) is 5.38. The Bertz CT molecular complexity index is 648. The van der Waals surface area contributed by atoms with Gasteiger partial charge in [-0.15, -0.1) is 0 Å². The molecule has 1 aliphatic heterocycles. The fourth-order valence-corrected chi connectivity index (χ4v) is 2.59. The number of rotatable bonds is 5. The van der Waals surface area contributed by atoms with E-state index >= 15 is 0 Å². The van der Waals surface area contributed by atoms with E-state index in [0.717, 1.165) is 38.4 Å². The Morgan fingerprint density at radius 3 is 2.61 bits per heavy atom. The molecule has 1 saturated heterocycles. The maximum Gasteiger partial charge on any atom is 0.287 e. The van der Waals surface area contributed by atoms with Crippen LogP contribution in [0.1, 0.15) is 10.6 Å². The Hall–Kier alpha value is -1.82. The molecule has 3 rings (SSSR count). The number of carbonyl (C=O) groups is 1. The van der Waals surface area contributed by atoms with E-state index in [1.807, 2.05) is 12.1 Å². The number of benzene rings is 1. The molecule has 1 fully saturated rings. The van der Waals surface area contributed by atoms with Crippen molar-refractivity contribution in [1.82, 2.24) is 10.2 Å². The van der Waals surface area contributed by atoms with Crippen LogP contribution in [0.3, 0.4) is 0 Å². The average Bonchev–Trinajstić information content (AvgIpc) is 3.06. The standard InChI is InChI=1S/C17H19ClN2O3/c18-14-3-1-13(2-4-14)15-5-6-16(23-15)17(21)19-7-8-20-9-11-22-12-10-20/h1-6H,7-12H2,(H,19,21). The number of amides is 1. The van der Waals surface area contributed by atoms with Gasteiger partial charge < -0.3 is 14.5 Å². The summed E-state index contributed by atoms with van der Waals surface area (Å²) in [5, 5.41) is 3.55. The van der Waals surface area contributed by atoms with Gasteiger partial charge in [0, 0.05) is 36.8 Å². The van der Waals surface area contributed by atoms with Crippen LogP contribution in [-0.4, -0.2) is 50.2 Å². The lowest BCUT2D eigenvalue weighted by molar-refractivity contribution is 0.0382. The molecule has 0 bridgehead atoms. The van der Waals surface area contributed by atoms with Crippen molar-refractivity contribution in [3.05, 3.63) is 47.2 Å². The third kappa shape index (κ3) is 4.34. The SMILES string of the molecule is O=C(NCCN1CCOCC1)c1ccc(-c2ccc(Cl)cc2)o1. The van der Waals surface area contributed by atoms with E-state index in [4.69, 9.17) is 20.8 Å². The summed E-state index contributed by atoms with van der Waals surface area (Å²) in [6.07, 6.45) is 0. The lowest BCUT2D eigenvalue weighted by Crippen LogP contribution is -2.41. The minimum atomic E-state index is -0.196. The summed E-state index contributed by atoms with van der Waals surface area (Å²) >= 11 is 5.87. The van der Waals surface area contributed by atoms with Crippen LogP contribution < -0.4 is 5.32 Å². The van der Waals surface area contributed by atoms with Crippen LogP contribution in [0, 0.1) is 0 Å². The lowest BCUT2D eigenvalue weighted by Gasteiger charge is -2.26. The first-order chi connectivity index (χ1) is 11.2. The highest BCUT2D eigenvalue weighted by molar-refractivity contribution is 6.30. The highest BCUT2D eigenvalue weighted by Gasteiger charge is 2.13. The number of nitrogens with one attached hydrogen (secondary N) is 1. The Morgan fingerprint density at radius 1 is 1.13 bits per heavy atom. The maximum absolute atomic E-state index is 12.1. The number of nitrogens with zero attached hydrogens (tertiary/aromatic N) is 1. The number of ether oxygens (including phenoxy) is 1. The van der Waals surface area contributed by atoms with Crippen LogP contribution in [0.15, 0.2) is 40.8 Å². The van der Waals surface area contributed by atoms with Crippen LogP contribution in [0.25, 0.3) is 11.3 Å². The zero-order valence-corrected chi connectivity index (χ0v) is 13.5. The molecule has 122 valence electrons. The molecule has 23 heavy (non-hydrogen) atoms. The Balaban J connectivity index is 1.52. The van der Waals surface area contributed by atoms with Crippen LogP contribution in [0.2, 0.25) is 5.02 Å². The lowest BCUT2D eigenvalue weighted by atomic mass is 10.2. The summed E-state index contributed by atoms with van der Waals surface area (Å²) < 4.78 is 10.9. The van der Waals surface area contributed by atoms with E-state index in [-0.39, 0.29) is 5.91 Å². The van der Waals surface area contributed by atoms with Crippen molar-refractivity contribution in [3.8, 4) is 11.3 Å². The molecule has 1 N–H and O–H groups in total. The summed E-state index contributed by atoms with van der Waals surface area (Å²) in [7, 11) is 0. The molecule has 6 heteroatoms. The Morgan fingerprint density at radius 2 is 1.87 bits per heavy atom. The van der Waals surface area contributed by atoms with Crippen LogP contribution in [0.5, 0.6) is 0 Å². The fourth-order valence-electron chi connectivity index (χ4n) is 2.47. The highest BCUT2D eigenvalue weighted by atomic mass is 35.5. The molecular weight excluding hydrogens is 316 g/mol. The van der Waals surface area contributed by atoms with E-state index in [1.54, 1.807) is 24.3 Å². The minimum absolute atomic E-state index is 0.196. The molecule has 0 aliphatic carbocycles. The van der Waals surface area contributed by atoms with Crippen molar-refractivity contribution in [2.45, 2.75) is 0 Å². The van der Waals surface area contributed by atoms with E-state index < -0.39 is 0 Å². The zero-order chi connectivity index (χ0) is 16.1. The Kier molecular flexibility index (Phi) is 5.33. The predicted molar refractivity (Wildman–Crippen MR) is 88.7 cm³/mol. The molecule has 0 unspecified atom stereocenters. The van der Waals surface area contributed by atoms with Crippen molar-refractivity contribution >= 4 is 17.5 Å². The van der Waals surface area contributed by atoms with Gasteiger partial charge in [-0.05, 0) is 36.4 Å². The van der Waals surface area contributed by atoms with Gasteiger partial charge in [0.15, 0.2) is 5.76 Å². The van der Waals surface area contributed by atoms with Crippen molar-refractivity contribution in [2.24, 2.45) is 0 Å². The predicted octanol–water partition coefficient (Wildman–Crippen LogP) is 2.66. The second-order valence-corrected chi connectivity index (χ2v) is 5.82. The van der Waals surface area contributed by atoms with Gasteiger partial charge in [-0.3, -0.25) is 9.69 Å². The number of morpholine rings is 1. The molecular formula is C17H19ClN2O3. The first kappa shape index (κ1) is 16.1. The second kappa shape index (κ2) is 7.64. The molecule has 1 aromatic carbocycles. The van der Waals surface area contributed by atoms with E-state index in [1.165, 1.54) is 0 Å². The van der Waals surface area contributed by atoms with E-state index in [0.29, 0.717) is 23.1 Å². The average molecular weight is 335 g/mol.